The fraction of sp³-hybridized carbons (Fsp3) is 0.286. The summed E-state index contributed by atoms with van der Waals surface area (Å²) >= 11 is 0. The molecule has 8 heteroatoms. The molecule has 4 rings (SSSR count). The molecule has 0 aliphatic carbocycles. The molecular formula is C21H20FN2O5+. The van der Waals surface area contributed by atoms with E-state index in [0.29, 0.717) is 11.3 Å². The fourth-order valence-electron chi connectivity index (χ4n) is 4.57. The van der Waals surface area contributed by atoms with Crippen molar-refractivity contribution in [1.82, 2.24) is 0 Å². The summed E-state index contributed by atoms with van der Waals surface area (Å²) in [6, 6.07) is 13.3. The number of nitrogens with zero attached hydrogens (tertiary/aromatic N) is 1. The van der Waals surface area contributed by atoms with Crippen molar-refractivity contribution in [2.24, 2.45) is 11.8 Å². The van der Waals surface area contributed by atoms with Gasteiger partial charge in [0.05, 0.1) is 12.8 Å². The smallest absolute Gasteiger partial charge is 0.371 e. The Balaban J connectivity index is 1.87. The number of ether oxygens (including phenoxy) is 1. The first-order valence-electron chi connectivity index (χ1n) is 9.18. The SMILES string of the molecule is COC(=O)[C@]1(CO)[NH2+][C@@H](c2cccc(F)c2)[C@H]2C(=O)N(c3ccccc3)C(=O)[C@@H]21. The lowest BCUT2D eigenvalue weighted by atomic mass is 9.79. The van der Waals surface area contributed by atoms with Crippen molar-refractivity contribution in [2.75, 3.05) is 18.6 Å². The van der Waals surface area contributed by atoms with Crippen LogP contribution < -0.4 is 10.2 Å². The molecule has 4 atom stereocenters. The molecule has 2 aromatic rings. The molecule has 2 fully saturated rings. The van der Waals surface area contributed by atoms with Crippen molar-refractivity contribution < 1.29 is 33.9 Å². The Morgan fingerprint density at radius 3 is 2.52 bits per heavy atom. The molecule has 0 bridgehead atoms. The van der Waals surface area contributed by atoms with Crippen LogP contribution in [0, 0.1) is 17.7 Å². The number of benzene rings is 2. The Bertz CT molecular complexity index is 982. The highest BCUT2D eigenvalue weighted by Crippen LogP contribution is 2.45. The van der Waals surface area contributed by atoms with Crippen molar-refractivity contribution >= 4 is 23.5 Å². The van der Waals surface area contributed by atoms with Crippen LogP contribution in [0.1, 0.15) is 11.6 Å². The summed E-state index contributed by atoms with van der Waals surface area (Å²) in [5, 5.41) is 11.6. The average molecular weight is 399 g/mol. The number of imide groups is 1. The van der Waals surface area contributed by atoms with E-state index in [9.17, 15) is 23.9 Å². The van der Waals surface area contributed by atoms with E-state index in [4.69, 9.17) is 4.74 Å². The number of halogens is 1. The quantitative estimate of drug-likeness (QED) is 0.563. The summed E-state index contributed by atoms with van der Waals surface area (Å²) in [7, 11) is 1.16. The average Bonchev–Trinajstić information content (AvgIpc) is 3.22. The van der Waals surface area contributed by atoms with Gasteiger partial charge in [-0.2, -0.15) is 0 Å². The minimum atomic E-state index is -1.69. The first-order chi connectivity index (χ1) is 13.9. The first kappa shape index (κ1) is 19.2. The number of hydrogen-bond donors (Lipinski definition) is 2. The van der Waals surface area contributed by atoms with Crippen LogP contribution in [-0.2, 0) is 19.1 Å². The van der Waals surface area contributed by atoms with Gasteiger partial charge >= 0.3 is 5.97 Å². The van der Waals surface area contributed by atoms with E-state index in [2.05, 4.69) is 0 Å². The van der Waals surface area contributed by atoms with E-state index in [1.54, 1.807) is 36.4 Å². The molecule has 2 aliphatic heterocycles. The highest BCUT2D eigenvalue weighted by Gasteiger charge is 2.72. The molecule has 0 radical (unpaired) electrons. The predicted molar refractivity (Wildman–Crippen MR) is 98.8 cm³/mol. The number of carbonyl (C=O) groups is 3. The number of anilines is 1. The van der Waals surface area contributed by atoms with Gasteiger partial charge in [0.1, 0.15) is 30.3 Å². The molecule has 2 heterocycles. The van der Waals surface area contributed by atoms with Gasteiger partial charge in [-0.05, 0) is 24.3 Å². The number of nitrogens with two attached hydrogens (primary N) is 1. The molecule has 2 saturated heterocycles. The van der Waals surface area contributed by atoms with Gasteiger partial charge in [0, 0.05) is 5.56 Å². The monoisotopic (exact) mass is 399 g/mol. The van der Waals surface area contributed by atoms with Gasteiger partial charge in [-0.25, -0.2) is 14.1 Å². The third kappa shape index (κ3) is 2.75. The molecule has 150 valence electrons. The predicted octanol–water partition coefficient (Wildman–Crippen LogP) is 0.154. The zero-order chi connectivity index (χ0) is 20.8. The molecule has 0 unspecified atom stereocenters. The third-order valence-electron chi connectivity index (χ3n) is 5.84. The number of aliphatic hydroxyl groups is 1. The molecule has 0 saturated carbocycles. The Morgan fingerprint density at radius 2 is 1.90 bits per heavy atom. The van der Waals surface area contributed by atoms with Crippen molar-refractivity contribution in [3.05, 3.63) is 66.0 Å². The zero-order valence-corrected chi connectivity index (χ0v) is 15.6. The van der Waals surface area contributed by atoms with Crippen LogP contribution in [0.4, 0.5) is 10.1 Å². The lowest BCUT2D eigenvalue weighted by Crippen LogP contribution is -2.99. The molecule has 0 spiro atoms. The number of rotatable bonds is 4. The maximum atomic E-state index is 13.9. The van der Waals surface area contributed by atoms with E-state index in [0.717, 1.165) is 12.0 Å². The molecule has 7 nitrogen and oxygen atoms in total. The van der Waals surface area contributed by atoms with Crippen LogP contribution in [0.15, 0.2) is 54.6 Å². The summed E-state index contributed by atoms with van der Waals surface area (Å²) in [5.74, 6) is -4.46. The first-order valence-corrected chi connectivity index (χ1v) is 9.18. The van der Waals surface area contributed by atoms with Gasteiger partial charge < -0.3 is 15.2 Å². The number of carbonyl (C=O) groups excluding carboxylic acids is 3. The Hall–Kier alpha value is -3.10. The molecule has 3 N–H and O–H groups in total. The van der Waals surface area contributed by atoms with Crippen LogP contribution in [0.5, 0.6) is 0 Å². The van der Waals surface area contributed by atoms with Gasteiger partial charge in [0.15, 0.2) is 0 Å². The molecule has 0 aromatic heterocycles. The maximum Gasteiger partial charge on any atom is 0.371 e. The van der Waals surface area contributed by atoms with E-state index >= 15 is 0 Å². The largest absolute Gasteiger partial charge is 0.464 e. The summed E-state index contributed by atoms with van der Waals surface area (Å²) in [6.07, 6.45) is 0. The van der Waals surface area contributed by atoms with Crippen LogP contribution in [-0.4, -0.2) is 42.1 Å². The molecule has 2 aliphatic rings. The Morgan fingerprint density at radius 1 is 1.17 bits per heavy atom. The number of para-hydroxylation sites is 1. The van der Waals surface area contributed by atoms with E-state index in [-0.39, 0.29) is 0 Å². The second kappa shape index (κ2) is 7.06. The lowest BCUT2D eigenvalue weighted by molar-refractivity contribution is -0.735. The van der Waals surface area contributed by atoms with Crippen LogP contribution >= 0.6 is 0 Å². The number of hydrogen-bond acceptors (Lipinski definition) is 5. The minimum absolute atomic E-state index is 0.381. The third-order valence-corrected chi connectivity index (χ3v) is 5.84. The van der Waals surface area contributed by atoms with Crippen molar-refractivity contribution in [1.29, 1.82) is 0 Å². The highest BCUT2D eigenvalue weighted by molar-refractivity contribution is 6.23. The summed E-state index contributed by atoms with van der Waals surface area (Å²) in [4.78, 5) is 40.4. The van der Waals surface area contributed by atoms with E-state index in [1.165, 1.54) is 23.5 Å². The fourth-order valence-corrected chi connectivity index (χ4v) is 4.57. The summed E-state index contributed by atoms with van der Waals surface area (Å²) in [6.45, 7) is -0.700. The topological polar surface area (TPSA) is 101 Å². The number of amides is 2. The lowest BCUT2D eigenvalue weighted by Gasteiger charge is -2.27. The number of quaternary nitrogens is 1. The van der Waals surface area contributed by atoms with E-state index in [1.807, 2.05) is 0 Å². The van der Waals surface area contributed by atoms with Gasteiger partial charge in [0.2, 0.25) is 17.4 Å². The summed E-state index contributed by atoms with van der Waals surface area (Å²) < 4.78 is 18.7. The number of fused-ring (bicyclic) bond motifs is 1. The highest BCUT2D eigenvalue weighted by atomic mass is 19.1. The van der Waals surface area contributed by atoms with E-state index < -0.39 is 53.6 Å². The standard InChI is InChI=1S/C21H19FN2O5/c1-29-20(28)21(11-25)16-15(17(23-21)12-6-5-7-13(22)10-12)18(26)24(19(16)27)14-8-3-2-4-9-14/h2-10,15-17,23,25H,11H2,1H3/p+1/t15-,16+,17-,21+/m0/s1. The normalized spacial score (nSPS) is 28.5. The van der Waals surface area contributed by atoms with Crippen LogP contribution in [0.3, 0.4) is 0 Å². The second-order valence-electron chi connectivity index (χ2n) is 7.29. The Kier molecular flexibility index (Phi) is 4.68. The molecular weight excluding hydrogens is 379 g/mol. The van der Waals surface area contributed by atoms with Gasteiger partial charge in [-0.15, -0.1) is 0 Å². The van der Waals surface area contributed by atoms with Crippen LogP contribution in [0.2, 0.25) is 0 Å². The van der Waals surface area contributed by atoms with Crippen molar-refractivity contribution in [2.45, 2.75) is 11.6 Å². The molecule has 2 amide bonds. The molecule has 2 aromatic carbocycles. The van der Waals surface area contributed by atoms with Gasteiger partial charge in [0.25, 0.3) is 0 Å². The Labute approximate surface area is 166 Å². The molecule has 29 heavy (non-hydrogen) atoms. The van der Waals surface area contributed by atoms with Crippen molar-refractivity contribution in [3.8, 4) is 0 Å². The second-order valence-corrected chi connectivity index (χ2v) is 7.29. The van der Waals surface area contributed by atoms with Gasteiger partial charge in [-0.3, -0.25) is 9.59 Å². The minimum Gasteiger partial charge on any atom is -0.464 e. The number of esters is 1. The van der Waals surface area contributed by atoms with Crippen LogP contribution in [0.25, 0.3) is 0 Å². The number of aliphatic hydroxyl groups excluding tert-OH is 1. The maximum absolute atomic E-state index is 13.9. The van der Waals surface area contributed by atoms with Gasteiger partial charge in [-0.1, -0.05) is 30.3 Å². The zero-order valence-electron chi connectivity index (χ0n) is 15.6. The number of methoxy groups -OCH3 is 1. The van der Waals surface area contributed by atoms with Crippen molar-refractivity contribution in [3.63, 3.8) is 0 Å². The summed E-state index contributed by atoms with van der Waals surface area (Å²) in [5.41, 5.74) is -0.853.